The number of amides is 2. The zero-order valence-electron chi connectivity index (χ0n) is 14.2. The van der Waals surface area contributed by atoms with Gasteiger partial charge in [-0.25, -0.2) is 9.80 Å². The molecule has 6 nitrogen and oxygen atoms in total. The van der Waals surface area contributed by atoms with E-state index in [0.717, 1.165) is 10.6 Å². The van der Waals surface area contributed by atoms with Gasteiger partial charge in [0, 0.05) is 7.05 Å². The Morgan fingerprint density at radius 3 is 2.42 bits per heavy atom. The van der Waals surface area contributed by atoms with Crippen LogP contribution < -0.4 is 0 Å². The molecule has 0 saturated carbocycles. The van der Waals surface area contributed by atoms with Crippen molar-refractivity contribution in [2.24, 2.45) is 5.92 Å². The van der Waals surface area contributed by atoms with E-state index in [1.54, 1.807) is 25.9 Å². The Balaban J connectivity index is 2.20. The number of imide groups is 1. The summed E-state index contributed by atoms with van der Waals surface area (Å²) in [6.45, 7) is 5.49. The maximum Gasteiger partial charge on any atom is 0.432 e. The van der Waals surface area contributed by atoms with E-state index in [9.17, 15) is 14.7 Å². The van der Waals surface area contributed by atoms with Gasteiger partial charge in [-0.1, -0.05) is 60.1 Å². The molecule has 24 heavy (non-hydrogen) atoms. The molecule has 7 heteroatoms. The van der Waals surface area contributed by atoms with Crippen molar-refractivity contribution < 1.29 is 19.4 Å². The fraction of sp³-hybridized carbons (Fsp3) is 0.529. The van der Waals surface area contributed by atoms with E-state index in [1.807, 2.05) is 37.3 Å². The Labute approximate surface area is 150 Å². The van der Waals surface area contributed by atoms with E-state index >= 15 is 0 Å². The third-order valence-corrected chi connectivity index (χ3v) is 5.23. The van der Waals surface area contributed by atoms with Crippen LogP contribution in [-0.4, -0.2) is 51.1 Å². The number of likely N-dealkylation sites (N-methyl/N-ethyl adjacent to an activating group) is 1. The molecule has 0 spiro atoms. The first-order valence-electron chi connectivity index (χ1n) is 7.90. The lowest BCUT2D eigenvalue weighted by Crippen LogP contribution is -2.61. The summed E-state index contributed by atoms with van der Waals surface area (Å²) in [5.41, 5.74) is 0.870. The van der Waals surface area contributed by atoms with Gasteiger partial charge in [-0.3, -0.25) is 4.79 Å². The molecule has 0 unspecified atom stereocenters. The molecule has 1 aromatic carbocycles. The topological polar surface area (TPSA) is 70.1 Å². The molecule has 132 valence electrons. The fourth-order valence-corrected chi connectivity index (χ4v) is 3.40. The van der Waals surface area contributed by atoms with Crippen LogP contribution in [0.15, 0.2) is 30.3 Å². The summed E-state index contributed by atoms with van der Waals surface area (Å²) < 4.78 is 5.50. The maximum absolute atomic E-state index is 12.6. The van der Waals surface area contributed by atoms with E-state index in [4.69, 9.17) is 4.74 Å². The fourth-order valence-electron chi connectivity index (χ4n) is 2.60. The number of cyclic esters (lactones) is 1. The first kappa shape index (κ1) is 18.9. The third-order valence-electron chi connectivity index (χ3n) is 4.30. The van der Waals surface area contributed by atoms with E-state index in [-0.39, 0.29) is 12.0 Å². The van der Waals surface area contributed by atoms with Gasteiger partial charge in [0.05, 0.1) is 12.1 Å². The number of hydrazine groups is 1. The number of alkyl halides is 1. The highest BCUT2D eigenvalue weighted by Crippen LogP contribution is 2.31. The van der Waals surface area contributed by atoms with Gasteiger partial charge in [-0.15, -0.1) is 0 Å². The van der Waals surface area contributed by atoms with E-state index in [0.29, 0.717) is 0 Å². The largest absolute Gasteiger partial charge is 0.438 e. The number of carbonyl (C=O) groups excluding carboxylic acids is 2. The van der Waals surface area contributed by atoms with Crippen molar-refractivity contribution in [3.63, 3.8) is 0 Å². The minimum atomic E-state index is -0.902. The van der Waals surface area contributed by atoms with Gasteiger partial charge in [-0.2, -0.15) is 5.01 Å². The number of ether oxygens (including phenoxy) is 1. The Hall–Kier alpha value is -1.44. The number of aliphatic hydroxyl groups excluding tert-OH is 1. The van der Waals surface area contributed by atoms with Crippen LogP contribution in [0.5, 0.6) is 0 Å². The molecule has 1 heterocycles. The zero-order chi connectivity index (χ0) is 18.0. The van der Waals surface area contributed by atoms with E-state index in [1.165, 1.54) is 0 Å². The Kier molecular flexibility index (Phi) is 6.01. The molecular formula is C17H23BrN2O4. The van der Waals surface area contributed by atoms with E-state index < -0.39 is 29.0 Å². The lowest BCUT2D eigenvalue weighted by molar-refractivity contribution is -0.164. The summed E-state index contributed by atoms with van der Waals surface area (Å²) in [7, 11) is 1.67. The number of aliphatic hydroxyl groups is 1. The minimum Gasteiger partial charge on any atom is -0.438 e. The molecule has 1 N–H and O–H groups in total. The van der Waals surface area contributed by atoms with Gasteiger partial charge >= 0.3 is 6.09 Å². The number of hydrogen-bond acceptors (Lipinski definition) is 5. The Bertz CT molecular complexity index is 596. The molecule has 2 amide bonds. The van der Waals surface area contributed by atoms with Crippen LogP contribution in [0.25, 0.3) is 0 Å². The molecule has 0 aromatic heterocycles. The summed E-state index contributed by atoms with van der Waals surface area (Å²) in [5.74, 6) is -0.666. The van der Waals surface area contributed by atoms with Crippen LogP contribution in [-0.2, 0) is 9.53 Å². The second kappa shape index (κ2) is 7.63. The molecule has 0 radical (unpaired) electrons. The van der Waals surface area contributed by atoms with Crippen LogP contribution in [0.2, 0.25) is 0 Å². The molecular weight excluding hydrogens is 376 g/mol. The van der Waals surface area contributed by atoms with Crippen LogP contribution in [0.1, 0.15) is 32.4 Å². The maximum atomic E-state index is 12.6. The summed E-state index contributed by atoms with van der Waals surface area (Å²) in [4.78, 5) is 24.2. The van der Waals surface area contributed by atoms with Crippen LogP contribution >= 0.6 is 15.9 Å². The van der Waals surface area contributed by atoms with Crippen LogP contribution in [0.4, 0.5) is 4.79 Å². The highest BCUT2D eigenvalue weighted by atomic mass is 79.9. The van der Waals surface area contributed by atoms with Gasteiger partial charge in [0.15, 0.2) is 0 Å². The average molecular weight is 399 g/mol. The van der Waals surface area contributed by atoms with Gasteiger partial charge < -0.3 is 9.84 Å². The SMILES string of the molecule is CC(C)[C@@H](O)[C@H](Br)C(=O)N1C(=O)O[C@H](c2ccccc2)[C@H](C)N1C. The molecule has 0 bridgehead atoms. The molecule has 1 fully saturated rings. The first-order chi connectivity index (χ1) is 11.3. The zero-order valence-corrected chi connectivity index (χ0v) is 15.8. The van der Waals surface area contributed by atoms with Crippen LogP contribution in [0.3, 0.4) is 0 Å². The highest BCUT2D eigenvalue weighted by Gasteiger charge is 2.44. The predicted octanol–water partition coefficient (Wildman–Crippen LogP) is 2.72. The van der Waals surface area contributed by atoms with Gasteiger partial charge in [0.1, 0.15) is 10.9 Å². The molecule has 1 saturated heterocycles. The van der Waals surface area contributed by atoms with Crippen molar-refractivity contribution in [1.29, 1.82) is 0 Å². The second-order valence-corrected chi connectivity index (χ2v) is 7.30. The van der Waals surface area contributed by atoms with Gasteiger partial charge in [0.25, 0.3) is 5.91 Å². The molecule has 4 atom stereocenters. The number of nitrogens with zero attached hydrogens (tertiary/aromatic N) is 2. The first-order valence-corrected chi connectivity index (χ1v) is 8.81. The van der Waals surface area contributed by atoms with Crippen molar-refractivity contribution in [2.75, 3.05) is 7.05 Å². The summed E-state index contributed by atoms with van der Waals surface area (Å²) in [6.07, 6.45) is -2.10. The third kappa shape index (κ3) is 3.63. The molecule has 1 aliphatic rings. The van der Waals surface area contributed by atoms with Crippen molar-refractivity contribution in [3.8, 4) is 0 Å². The van der Waals surface area contributed by atoms with Crippen molar-refractivity contribution in [1.82, 2.24) is 10.0 Å². The van der Waals surface area contributed by atoms with Crippen molar-refractivity contribution in [3.05, 3.63) is 35.9 Å². The normalized spacial score (nSPS) is 24.6. The number of carbonyl (C=O) groups is 2. The predicted molar refractivity (Wildman–Crippen MR) is 93.3 cm³/mol. The number of hydrogen-bond donors (Lipinski definition) is 1. The standard InChI is InChI=1S/C17H23BrN2O4/c1-10(2)14(21)13(18)16(22)20-17(23)24-15(11(3)19(20)4)12-8-6-5-7-9-12/h5-11,13-15,21H,1-4H3/t11-,13-,14+,15-/m0/s1. The van der Waals surface area contributed by atoms with Gasteiger partial charge in [0.2, 0.25) is 0 Å². The smallest absolute Gasteiger partial charge is 0.432 e. The van der Waals surface area contributed by atoms with Gasteiger partial charge in [-0.05, 0) is 18.4 Å². The lowest BCUT2D eigenvalue weighted by atomic mass is 10.0. The average Bonchev–Trinajstić information content (AvgIpc) is 2.57. The molecule has 2 rings (SSSR count). The van der Waals surface area contributed by atoms with Crippen molar-refractivity contribution in [2.45, 2.75) is 43.8 Å². The molecule has 1 aromatic rings. The monoisotopic (exact) mass is 398 g/mol. The Morgan fingerprint density at radius 2 is 1.88 bits per heavy atom. The van der Waals surface area contributed by atoms with Crippen LogP contribution in [0, 0.1) is 5.92 Å². The quantitative estimate of drug-likeness (QED) is 0.789. The summed E-state index contributed by atoms with van der Waals surface area (Å²) in [6, 6.07) is 9.18. The Morgan fingerprint density at radius 1 is 1.29 bits per heavy atom. The molecule has 0 aliphatic carbocycles. The van der Waals surface area contributed by atoms with Crippen molar-refractivity contribution >= 4 is 27.9 Å². The highest BCUT2D eigenvalue weighted by molar-refractivity contribution is 9.10. The second-order valence-electron chi connectivity index (χ2n) is 6.32. The van der Waals surface area contributed by atoms with E-state index in [2.05, 4.69) is 15.9 Å². The minimum absolute atomic E-state index is 0.126. The number of benzene rings is 1. The summed E-state index contributed by atoms with van der Waals surface area (Å²) >= 11 is 3.20. The lowest BCUT2D eigenvalue weighted by Gasteiger charge is -2.43. The number of rotatable bonds is 4. The number of halogens is 1. The summed E-state index contributed by atoms with van der Waals surface area (Å²) in [5, 5.41) is 12.6. The molecule has 1 aliphatic heterocycles.